The Kier molecular flexibility index (Phi) is 3.03. The highest BCUT2D eigenvalue weighted by molar-refractivity contribution is 6.36. The predicted octanol–water partition coefficient (Wildman–Crippen LogP) is 4.16. The van der Waals surface area contributed by atoms with E-state index in [1.54, 1.807) is 6.07 Å². The fourth-order valence-electron chi connectivity index (χ4n) is 1.44. The lowest BCUT2D eigenvalue weighted by atomic mass is 10.1. The second kappa shape index (κ2) is 4.32. The van der Waals surface area contributed by atoms with Crippen molar-refractivity contribution in [3.8, 4) is 0 Å². The van der Waals surface area contributed by atoms with Crippen LogP contribution in [0.25, 0.3) is 16.7 Å². The molecule has 0 amide bonds. The molecule has 0 spiro atoms. The minimum Gasteiger partial charge on any atom is -0.497 e. The van der Waals surface area contributed by atoms with Gasteiger partial charge in [-0.1, -0.05) is 35.8 Å². The Morgan fingerprint density at radius 1 is 1.38 bits per heavy atom. The van der Waals surface area contributed by atoms with Crippen molar-refractivity contribution in [2.24, 2.45) is 0 Å². The van der Waals surface area contributed by atoms with Crippen molar-refractivity contribution in [3.63, 3.8) is 0 Å². The van der Waals surface area contributed by atoms with E-state index < -0.39 is 0 Å². The molecule has 0 saturated carbocycles. The standard InChI is InChI=1S/C12H9Cl2NO/c1-7(16-2)8-6-9-10(13)4-3-5-11(9)15-12(8)14/h3-6H,1H2,2H3. The number of hydrogen-bond acceptors (Lipinski definition) is 2. The summed E-state index contributed by atoms with van der Waals surface area (Å²) < 4.78 is 5.04. The predicted molar refractivity (Wildman–Crippen MR) is 67.8 cm³/mol. The normalized spacial score (nSPS) is 10.4. The highest BCUT2D eigenvalue weighted by atomic mass is 35.5. The van der Waals surface area contributed by atoms with E-state index in [0.29, 0.717) is 21.5 Å². The van der Waals surface area contributed by atoms with Crippen LogP contribution in [0.5, 0.6) is 0 Å². The molecular weight excluding hydrogens is 245 g/mol. The van der Waals surface area contributed by atoms with Gasteiger partial charge in [0.25, 0.3) is 0 Å². The molecule has 2 rings (SSSR count). The Morgan fingerprint density at radius 3 is 2.81 bits per heavy atom. The van der Waals surface area contributed by atoms with Crippen LogP contribution >= 0.6 is 23.2 Å². The van der Waals surface area contributed by atoms with Gasteiger partial charge in [0.15, 0.2) is 0 Å². The third-order valence-electron chi connectivity index (χ3n) is 2.31. The second-order valence-electron chi connectivity index (χ2n) is 3.26. The molecule has 82 valence electrons. The molecule has 0 aliphatic heterocycles. The number of halogens is 2. The summed E-state index contributed by atoms with van der Waals surface area (Å²) in [6, 6.07) is 7.32. The second-order valence-corrected chi connectivity index (χ2v) is 4.03. The van der Waals surface area contributed by atoms with Crippen LogP contribution < -0.4 is 0 Å². The van der Waals surface area contributed by atoms with Crippen LogP contribution in [0.1, 0.15) is 5.56 Å². The number of nitrogens with zero attached hydrogens (tertiary/aromatic N) is 1. The Balaban J connectivity index is 2.74. The first-order chi connectivity index (χ1) is 7.63. The zero-order valence-electron chi connectivity index (χ0n) is 8.63. The molecule has 0 fully saturated rings. The molecule has 0 atom stereocenters. The van der Waals surface area contributed by atoms with E-state index in [2.05, 4.69) is 11.6 Å². The first-order valence-electron chi connectivity index (χ1n) is 4.61. The number of ether oxygens (including phenoxy) is 1. The Hall–Kier alpha value is -1.25. The third-order valence-corrected chi connectivity index (χ3v) is 2.92. The van der Waals surface area contributed by atoms with Gasteiger partial charge in [0.05, 0.1) is 18.2 Å². The van der Waals surface area contributed by atoms with E-state index >= 15 is 0 Å². The van der Waals surface area contributed by atoms with Gasteiger partial charge >= 0.3 is 0 Å². The zero-order valence-corrected chi connectivity index (χ0v) is 10.1. The zero-order chi connectivity index (χ0) is 11.7. The van der Waals surface area contributed by atoms with Gasteiger partial charge in [-0.2, -0.15) is 0 Å². The summed E-state index contributed by atoms with van der Waals surface area (Å²) in [5.74, 6) is 0.472. The first kappa shape index (κ1) is 11.2. The van der Waals surface area contributed by atoms with Gasteiger partial charge in [-0.05, 0) is 18.2 Å². The largest absolute Gasteiger partial charge is 0.497 e. The topological polar surface area (TPSA) is 22.1 Å². The van der Waals surface area contributed by atoms with Crippen molar-refractivity contribution in [1.29, 1.82) is 0 Å². The van der Waals surface area contributed by atoms with E-state index in [-0.39, 0.29) is 0 Å². The molecule has 0 unspecified atom stereocenters. The maximum Gasteiger partial charge on any atom is 0.140 e. The number of pyridine rings is 1. The lowest BCUT2D eigenvalue weighted by molar-refractivity contribution is 0.371. The van der Waals surface area contributed by atoms with E-state index in [1.807, 2.05) is 18.2 Å². The lowest BCUT2D eigenvalue weighted by Crippen LogP contribution is -1.91. The molecule has 2 nitrogen and oxygen atoms in total. The average Bonchev–Trinajstić information content (AvgIpc) is 2.28. The highest BCUT2D eigenvalue weighted by Gasteiger charge is 2.09. The van der Waals surface area contributed by atoms with Crippen LogP contribution in [0.15, 0.2) is 30.8 Å². The summed E-state index contributed by atoms with van der Waals surface area (Å²) in [7, 11) is 1.54. The maximum atomic E-state index is 6.08. The number of aromatic nitrogens is 1. The van der Waals surface area contributed by atoms with E-state index in [1.165, 1.54) is 7.11 Å². The Labute approximate surface area is 103 Å². The molecule has 1 aromatic carbocycles. The van der Waals surface area contributed by atoms with Gasteiger partial charge in [0.1, 0.15) is 10.9 Å². The minimum absolute atomic E-state index is 0.363. The van der Waals surface area contributed by atoms with E-state index in [0.717, 1.165) is 10.9 Å². The number of hydrogen-bond donors (Lipinski definition) is 0. The van der Waals surface area contributed by atoms with Crippen LogP contribution in [0, 0.1) is 0 Å². The molecule has 1 aromatic heterocycles. The number of benzene rings is 1. The minimum atomic E-state index is 0.363. The maximum absolute atomic E-state index is 6.08. The van der Waals surface area contributed by atoms with Gasteiger partial charge in [0, 0.05) is 10.4 Å². The molecule has 0 N–H and O–H groups in total. The molecule has 0 bridgehead atoms. The average molecular weight is 254 g/mol. The fraction of sp³-hybridized carbons (Fsp3) is 0.0833. The van der Waals surface area contributed by atoms with Crippen molar-refractivity contribution >= 4 is 39.9 Å². The summed E-state index contributed by atoms with van der Waals surface area (Å²) in [5, 5.41) is 1.83. The van der Waals surface area contributed by atoms with Crippen LogP contribution in [0.4, 0.5) is 0 Å². The Bertz CT molecular complexity index is 566. The molecule has 0 saturated heterocycles. The Morgan fingerprint density at radius 2 is 2.12 bits per heavy atom. The summed E-state index contributed by atoms with van der Waals surface area (Å²) in [4.78, 5) is 4.25. The quantitative estimate of drug-likeness (QED) is 0.593. The van der Waals surface area contributed by atoms with Gasteiger partial charge in [-0.3, -0.25) is 0 Å². The fourth-order valence-corrected chi connectivity index (χ4v) is 1.92. The van der Waals surface area contributed by atoms with Gasteiger partial charge in [-0.15, -0.1) is 0 Å². The van der Waals surface area contributed by atoms with Crippen molar-refractivity contribution in [1.82, 2.24) is 4.98 Å². The highest BCUT2D eigenvalue weighted by Crippen LogP contribution is 2.29. The molecule has 0 radical (unpaired) electrons. The number of methoxy groups -OCH3 is 1. The van der Waals surface area contributed by atoms with Crippen LogP contribution in [-0.2, 0) is 4.74 Å². The van der Waals surface area contributed by atoms with E-state index in [4.69, 9.17) is 27.9 Å². The molecule has 0 aliphatic carbocycles. The number of rotatable bonds is 2. The van der Waals surface area contributed by atoms with Gasteiger partial charge in [0.2, 0.25) is 0 Å². The summed E-state index contributed by atoms with van der Waals surface area (Å²) in [5.41, 5.74) is 1.41. The van der Waals surface area contributed by atoms with Crippen LogP contribution in [-0.4, -0.2) is 12.1 Å². The molecule has 4 heteroatoms. The molecular formula is C12H9Cl2NO. The van der Waals surface area contributed by atoms with Crippen molar-refractivity contribution in [2.75, 3.05) is 7.11 Å². The SMILES string of the molecule is C=C(OC)c1cc2c(Cl)cccc2nc1Cl. The van der Waals surface area contributed by atoms with Crippen LogP contribution in [0.2, 0.25) is 10.2 Å². The lowest BCUT2D eigenvalue weighted by Gasteiger charge is -2.08. The molecule has 16 heavy (non-hydrogen) atoms. The molecule has 0 aliphatic rings. The first-order valence-corrected chi connectivity index (χ1v) is 5.37. The van der Waals surface area contributed by atoms with Gasteiger partial charge in [-0.25, -0.2) is 4.98 Å². The summed E-state index contributed by atoms with van der Waals surface area (Å²) in [6.07, 6.45) is 0. The van der Waals surface area contributed by atoms with Crippen molar-refractivity contribution in [2.45, 2.75) is 0 Å². The summed E-state index contributed by atoms with van der Waals surface area (Å²) >= 11 is 12.1. The number of fused-ring (bicyclic) bond motifs is 1. The summed E-state index contributed by atoms with van der Waals surface area (Å²) in [6.45, 7) is 3.75. The van der Waals surface area contributed by atoms with Crippen molar-refractivity contribution in [3.05, 3.63) is 46.6 Å². The molecule has 2 aromatic rings. The van der Waals surface area contributed by atoms with E-state index in [9.17, 15) is 0 Å². The third kappa shape index (κ3) is 1.86. The monoisotopic (exact) mass is 253 g/mol. The molecule has 1 heterocycles. The van der Waals surface area contributed by atoms with Gasteiger partial charge < -0.3 is 4.74 Å². The van der Waals surface area contributed by atoms with Crippen molar-refractivity contribution < 1.29 is 4.74 Å². The smallest absolute Gasteiger partial charge is 0.140 e. The van der Waals surface area contributed by atoms with Crippen LogP contribution in [0.3, 0.4) is 0 Å².